The number of hydrogen-bond acceptors (Lipinski definition) is 3. The van der Waals surface area contributed by atoms with E-state index in [0.29, 0.717) is 11.6 Å². The predicted octanol–water partition coefficient (Wildman–Crippen LogP) is 3.51. The van der Waals surface area contributed by atoms with Crippen LogP contribution in [0.25, 0.3) is 10.1 Å². The first-order chi connectivity index (χ1) is 6.24. The van der Waals surface area contributed by atoms with E-state index in [0.717, 1.165) is 15.2 Å². The summed E-state index contributed by atoms with van der Waals surface area (Å²) in [5, 5.41) is 3.19. The van der Waals surface area contributed by atoms with Gasteiger partial charge in [0.15, 0.2) is 0 Å². The molecule has 0 amide bonds. The molecule has 2 N–H and O–H groups in total. The number of anilines is 1. The number of nitrogens with two attached hydrogens (primary N) is 1. The van der Waals surface area contributed by atoms with E-state index < -0.39 is 0 Å². The van der Waals surface area contributed by atoms with E-state index in [1.54, 1.807) is 11.3 Å². The number of thiol groups is 1. The highest BCUT2D eigenvalue weighted by molar-refractivity contribution is 7.81. The summed E-state index contributed by atoms with van der Waals surface area (Å²) in [7, 11) is 0. The molecule has 13 heavy (non-hydrogen) atoms. The predicted molar refractivity (Wildman–Crippen MR) is 63.0 cm³/mol. The average molecular weight is 230 g/mol. The maximum absolute atomic E-state index is 5.81. The van der Waals surface area contributed by atoms with Gasteiger partial charge in [-0.1, -0.05) is 0 Å². The number of nitrogen functional groups attached to an aromatic ring is 1. The number of hydrogen-bond donors (Lipinski definition) is 2. The Labute approximate surface area is 90.9 Å². The number of halogens is 1. The Morgan fingerprint density at radius 1 is 1.54 bits per heavy atom. The van der Waals surface area contributed by atoms with Gasteiger partial charge in [0, 0.05) is 21.2 Å². The lowest BCUT2D eigenvalue weighted by molar-refractivity contribution is 1.43. The number of fused-ring (bicyclic) bond motifs is 1. The molecular weight excluding hydrogens is 222 g/mol. The van der Waals surface area contributed by atoms with Crippen molar-refractivity contribution in [1.82, 2.24) is 0 Å². The van der Waals surface area contributed by atoms with E-state index in [9.17, 15) is 0 Å². The first kappa shape index (κ1) is 9.19. The summed E-state index contributed by atoms with van der Waals surface area (Å²) in [5.41, 5.74) is 7.57. The SMILES string of the molecule is Nc1cc(CCl)c2ccsc2c1S. The van der Waals surface area contributed by atoms with E-state index >= 15 is 0 Å². The van der Waals surface area contributed by atoms with Crippen LogP contribution in [0.3, 0.4) is 0 Å². The zero-order chi connectivity index (χ0) is 9.42. The van der Waals surface area contributed by atoms with Gasteiger partial charge in [-0.25, -0.2) is 0 Å². The zero-order valence-corrected chi connectivity index (χ0v) is 9.22. The molecule has 1 heterocycles. The van der Waals surface area contributed by atoms with Gasteiger partial charge >= 0.3 is 0 Å². The smallest absolute Gasteiger partial charge is 0.0500 e. The summed E-state index contributed by atoms with van der Waals surface area (Å²) in [6.07, 6.45) is 0. The van der Waals surface area contributed by atoms with Crippen LogP contribution in [0.2, 0.25) is 0 Å². The van der Waals surface area contributed by atoms with E-state index in [4.69, 9.17) is 17.3 Å². The third-order valence-electron chi connectivity index (χ3n) is 1.97. The number of rotatable bonds is 1. The largest absolute Gasteiger partial charge is 0.398 e. The minimum absolute atomic E-state index is 0.492. The molecule has 0 spiro atoms. The van der Waals surface area contributed by atoms with Gasteiger partial charge in [-0.15, -0.1) is 35.6 Å². The average Bonchev–Trinajstić information content (AvgIpc) is 2.60. The highest BCUT2D eigenvalue weighted by Crippen LogP contribution is 2.35. The van der Waals surface area contributed by atoms with Crippen LogP contribution in [0, 0.1) is 0 Å². The molecule has 0 aliphatic heterocycles. The minimum atomic E-state index is 0.492. The molecule has 1 aromatic carbocycles. The van der Waals surface area contributed by atoms with Crippen LogP contribution in [0.1, 0.15) is 5.56 Å². The monoisotopic (exact) mass is 229 g/mol. The molecule has 1 aromatic heterocycles. The molecule has 2 aromatic rings. The fourth-order valence-corrected chi connectivity index (χ4v) is 2.78. The summed E-state index contributed by atoms with van der Waals surface area (Å²) in [6, 6.07) is 3.95. The van der Waals surface area contributed by atoms with Crippen molar-refractivity contribution >= 4 is 51.3 Å². The van der Waals surface area contributed by atoms with Gasteiger partial charge in [0.05, 0.1) is 0 Å². The number of alkyl halides is 1. The second kappa shape index (κ2) is 3.40. The van der Waals surface area contributed by atoms with Gasteiger partial charge in [0.2, 0.25) is 0 Å². The molecule has 1 nitrogen and oxygen atoms in total. The summed E-state index contributed by atoms with van der Waals surface area (Å²) in [5.74, 6) is 0.492. The van der Waals surface area contributed by atoms with Gasteiger partial charge < -0.3 is 5.73 Å². The molecule has 0 atom stereocenters. The van der Waals surface area contributed by atoms with Crippen LogP contribution in [0.15, 0.2) is 22.4 Å². The highest BCUT2D eigenvalue weighted by atomic mass is 35.5. The molecular formula is C9H8ClNS2. The molecule has 4 heteroatoms. The molecule has 0 saturated heterocycles. The molecule has 0 aliphatic rings. The van der Waals surface area contributed by atoms with E-state index in [-0.39, 0.29) is 0 Å². The first-order valence-corrected chi connectivity index (χ1v) is 5.63. The Morgan fingerprint density at radius 3 is 3.00 bits per heavy atom. The lowest BCUT2D eigenvalue weighted by atomic mass is 10.1. The van der Waals surface area contributed by atoms with Crippen LogP contribution < -0.4 is 5.73 Å². The molecule has 68 valence electrons. The second-order valence-electron chi connectivity index (χ2n) is 2.77. The minimum Gasteiger partial charge on any atom is -0.398 e. The lowest BCUT2D eigenvalue weighted by Gasteiger charge is -2.04. The van der Waals surface area contributed by atoms with Crippen molar-refractivity contribution in [1.29, 1.82) is 0 Å². The summed E-state index contributed by atoms with van der Waals surface area (Å²) in [4.78, 5) is 0.860. The van der Waals surface area contributed by atoms with E-state index in [1.165, 1.54) is 5.39 Å². The third-order valence-corrected chi connectivity index (χ3v) is 3.83. The second-order valence-corrected chi connectivity index (χ2v) is 4.40. The molecule has 0 bridgehead atoms. The fourth-order valence-electron chi connectivity index (χ4n) is 1.32. The molecule has 0 radical (unpaired) electrons. The van der Waals surface area contributed by atoms with E-state index in [2.05, 4.69) is 18.7 Å². The van der Waals surface area contributed by atoms with Crippen molar-refractivity contribution < 1.29 is 0 Å². The van der Waals surface area contributed by atoms with Crippen molar-refractivity contribution in [2.75, 3.05) is 5.73 Å². The normalized spacial score (nSPS) is 10.9. The van der Waals surface area contributed by atoms with Gasteiger partial charge in [0.25, 0.3) is 0 Å². The number of thiophene rings is 1. The molecule has 0 unspecified atom stereocenters. The maximum Gasteiger partial charge on any atom is 0.0500 e. The van der Waals surface area contributed by atoms with Crippen molar-refractivity contribution in [2.45, 2.75) is 10.8 Å². The standard InChI is InChI=1S/C9H8ClNS2/c10-4-5-3-7(11)8(12)9-6(5)1-2-13-9/h1-3,12H,4,11H2. The van der Waals surface area contributed by atoms with Crippen molar-refractivity contribution in [3.05, 3.63) is 23.1 Å². The fraction of sp³-hybridized carbons (Fsp3) is 0.111. The van der Waals surface area contributed by atoms with Crippen molar-refractivity contribution in [2.24, 2.45) is 0 Å². The Balaban J connectivity index is 2.87. The van der Waals surface area contributed by atoms with Crippen LogP contribution in [0.5, 0.6) is 0 Å². The maximum atomic E-state index is 5.81. The topological polar surface area (TPSA) is 26.0 Å². The molecule has 0 fully saturated rings. The van der Waals surface area contributed by atoms with Gasteiger partial charge in [-0.3, -0.25) is 0 Å². The lowest BCUT2D eigenvalue weighted by Crippen LogP contribution is -1.89. The zero-order valence-electron chi connectivity index (χ0n) is 6.75. The Kier molecular flexibility index (Phi) is 2.41. The first-order valence-electron chi connectivity index (χ1n) is 3.77. The van der Waals surface area contributed by atoms with Gasteiger partial charge in [-0.2, -0.15) is 0 Å². The molecule has 2 rings (SSSR count). The quantitative estimate of drug-likeness (QED) is 0.437. The third kappa shape index (κ3) is 1.41. The van der Waals surface area contributed by atoms with Crippen LogP contribution in [0.4, 0.5) is 5.69 Å². The number of benzene rings is 1. The van der Waals surface area contributed by atoms with Crippen molar-refractivity contribution in [3.63, 3.8) is 0 Å². The Morgan fingerprint density at radius 2 is 2.31 bits per heavy atom. The summed E-state index contributed by atoms with van der Waals surface area (Å²) < 4.78 is 1.12. The van der Waals surface area contributed by atoms with Crippen LogP contribution in [-0.2, 0) is 5.88 Å². The molecule has 0 aliphatic carbocycles. The summed E-state index contributed by atoms with van der Waals surface area (Å²) in [6.45, 7) is 0. The van der Waals surface area contributed by atoms with Gasteiger partial charge in [-0.05, 0) is 28.5 Å². The summed E-state index contributed by atoms with van der Waals surface area (Å²) >= 11 is 11.8. The van der Waals surface area contributed by atoms with Crippen molar-refractivity contribution in [3.8, 4) is 0 Å². The van der Waals surface area contributed by atoms with E-state index in [1.807, 2.05) is 11.4 Å². The molecule has 0 saturated carbocycles. The van der Waals surface area contributed by atoms with Crippen LogP contribution in [-0.4, -0.2) is 0 Å². The van der Waals surface area contributed by atoms with Gasteiger partial charge in [0.1, 0.15) is 0 Å². The Hall–Kier alpha value is -0.380. The highest BCUT2D eigenvalue weighted by Gasteiger charge is 2.07. The Bertz CT molecular complexity index is 450. The van der Waals surface area contributed by atoms with Crippen LogP contribution >= 0.6 is 35.6 Å².